The van der Waals surface area contributed by atoms with Crippen LogP contribution in [0.25, 0.3) is 0 Å². The van der Waals surface area contributed by atoms with Crippen molar-refractivity contribution in [1.29, 1.82) is 0 Å². The summed E-state index contributed by atoms with van der Waals surface area (Å²) in [5.74, 6) is -4.02. The van der Waals surface area contributed by atoms with E-state index in [1.165, 1.54) is 0 Å². The van der Waals surface area contributed by atoms with Gasteiger partial charge in [-0.1, -0.05) is 30.3 Å². The highest BCUT2D eigenvalue weighted by Gasteiger charge is 2.55. The molecule has 1 fully saturated rings. The van der Waals surface area contributed by atoms with Gasteiger partial charge in [-0.05, 0) is 12.5 Å². The number of carboxylic acid groups (broad SMARTS) is 1. The summed E-state index contributed by atoms with van der Waals surface area (Å²) in [6.45, 7) is 1.58. The number of benzene rings is 1. The van der Waals surface area contributed by atoms with Crippen molar-refractivity contribution in [2.45, 2.75) is 24.8 Å². The molecule has 6 heteroatoms. The Balaban J connectivity index is 2.50. The second-order valence-corrected chi connectivity index (χ2v) is 4.53. The van der Waals surface area contributed by atoms with Crippen LogP contribution >= 0.6 is 0 Å². The van der Waals surface area contributed by atoms with Gasteiger partial charge in [0.15, 0.2) is 5.54 Å². The van der Waals surface area contributed by atoms with Crippen molar-refractivity contribution in [1.82, 2.24) is 5.32 Å². The standard InChI is InChI=1S/C14H15NO5/c1-2-20-13(19)14(12(17)18)10(8-11(16)15-14)9-6-4-3-5-7-9/h3-7,10H,2,8H2,1H3,(H,15,16)(H,17,18)/p-1/t10-,14-/m1/s1. The van der Waals surface area contributed by atoms with Crippen LogP contribution in [0.1, 0.15) is 24.8 Å². The lowest BCUT2D eigenvalue weighted by Gasteiger charge is -2.33. The fourth-order valence-corrected chi connectivity index (χ4v) is 2.46. The van der Waals surface area contributed by atoms with Gasteiger partial charge < -0.3 is 20.0 Å². The molecular weight excluding hydrogens is 262 g/mol. The van der Waals surface area contributed by atoms with Crippen LogP contribution < -0.4 is 10.4 Å². The van der Waals surface area contributed by atoms with Gasteiger partial charge in [-0.15, -0.1) is 0 Å². The Bertz CT molecular complexity index is 542. The molecule has 1 heterocycles. The van der Waals surface area contributed by atoms with Gasteiger partial charge in [0.25, 0.3) is 0 Å². The maximum atomic E-state index is 12.1. The Morgan fingerprint density at radius 3 is 2.60 bits per heavy atom. The first-order chi connectivity index (χ1) is 9.52. The first-order valence-electron chi connectivity index (χ1n) is 6.27. The van der Waals surface area contributed by atoms with Gasteiger partial charge in [-0.25, -0.2) is 4.79 Å². The van der Waals surface area contributed by atoms with Crippen molar-refractivity contribution in [2.75, 3.05) is 6.61 Å². The smallest absolute Gasteiger partial charge is 0.338 e. The first kappa shape index (κ1) is 14.0. The molecule has 0 unspecified atom stereocenters. The van der Waals surface area contributed by atoms with Gasteiger partial charge in [-0.2, -0.15) is 0 Å². The van der Waals surface area contributed by atoms with Crippen LogP contribution in [0.4, 0.5) is 0 Å². The molecule has 1 saturated heterocycles. The largest absolute Gasteiger partial charge is 0.547 e. The molecule has 0 aliphatic carbocycles. The van der Waals surface area contributed by atoms with Crippen molar-refractivity contribution in [3.63, 3.8) is 0 Å². The number of carbonyl (C=O) groups excluding carboxylic acids is 3. The van der Waals surface area contributed by atoms with E-state index in [1.807, 2.05) is 0 Å². The molecular formula is C14H14NO5-. The van der Waals surface area contributed by atoms with Crippen LogP contribution in [-0.2, 0) is 19.1 Å². The molecule has 6 nitrogen and oxygen atoms in total. The number of aliphatic carboxylic acids is 1. The first-order valence-corrected chi connectivity index (χ1v) is 6.27. The highest BCUT2D eigenvalue weighted by Crippen LogP contribution is 2.37. The second kappa shape index (κ2) is 5.32. The van der Waals surface area contributed by atoms with E-state index in [9.17, 15) is 19.5 Å². The van der Waals surface area contributed by atoms with Crippen LogP contribution in [0, 0.1) is 0 Å². The zero-order chi connectivity index (χ0) is 14.8. The number of carboxylic acids is 1. The zero-order valence-electron chi connectivity index (χ0n) is 10.9. The van der Waals surface area contributed by atoms with E-state index in [4.69, 9.17) is 4.74 Å². The van der Waals surface area contributed by atoms with Gasteiger partial charge in [0.05, 0.1) is 12.6 Å². The van der Waals surface area contributed by atoms with Crippen molar-refractivity contribution in [3.05, 3.63) is 35.9 Å². The molecule has 1 amide bonds. The summed E-state index contributed by atoms with van der Waals surface area (Å²) in [4.78, 5) is 35.3. The maximum absolute atomic E-state index is 12.1. The van der Waals surface area contributed by atoms with E-state index in [-0.39, 0.29) is 13.0 Å². The van der Waals surface area contributed by atoms with E-state index in [1.54, 1.807) is 37.3 Å². The third kappa shape index (κ3) is 2.13. The Labute approximate surface area is 115 Å². The van der Waals surface area contributed by atoms with E-state index in [0.29, 0.717) is 5.56 Å². The monoisotopic (exact) mass is 276 g/mol. The molecule has 0 aromatic heterocycles. The second-order valence-electron chi connectivity index (χ2n) is 4.53. The van der Waals surface area contributed by atoms with Crippen LogP contribution in [0.15, 0.2) is 30.3 Å². The lowest BCUT2D eigenvalue weighted by molar-refractivity contribution is -0.313. The fraction of sp³-hybridized carbons (Fsp3) is 0.357. The van der Waals surface area contributed by atoms with Crippen molar-refractivity contribution < 1.29 is 24.2 Å². The predicted octanol–water partition coefficient (Wildman–Crippen LogP) is -0.658. The van der Waals surface area contributed by atoms with Crippen LogP contribution in [0.3, 0.4) is 0 Å². The highest BCUT2D eigenvalue weighted by molar-refractivity contribution is 6.10. The molecule has 0 spiro atoms. The normalized spacial score (nSPS) is 25.1. The molecule has 0 radical (unpaired) electrons. The minimum Gasteiger partial charge on any atom is -0.547 e. The fourth-order valence-electron chi connectivity index (χ4n) is 2.46. The average molecular weight is 276 g/mol. The van der Waals surface area contributed by atoms with Crippen molar-refractivity contribution in [3.8, 4) is 0 Å². The number of carbonyl (C=O) groups is 3. The minimum atomic E-state index is -2.16. The zero-order valence-corrected chi connectivity index (χ0v) is 10.9. The van der Waals surface area contributed by atoms with Crippen LogP contribution in [0.5, 0.6) is 0 Å². The molecule has 1 aromatic carbocycles. The van der Waals surface area contributed by atoms with E-state index >= 15 is 0 Å². The Kier molecular flexibility index (Phi) is 3.74. The van der Waals surface area contributed by atoms with Crippen molar-refractivity contribution in [2.24, 2.45) is 0 Å². The summed E-state index contributed by atoms with van der Waals surface area (Å²) < 4.78 is 4.82. The quantitative estimate of drug-likeness (QED) is 0.582. The Morgan fingerprint density at radius 1 is 1.40 bits per heavy atom. The topological polar surface area (TPSA) is 95.5 Å². The molecule has 20 heavy (non-hydrogen) atoms. The number of esters is 1. The maximum Gasteiger partial charge on any atom is 0.338 e. The SMILES string of the molecule is CCOC(=O)[C@@]1(C(=O)[O-])NC(=O)C[C@@H]1c1ccccc1. The molecule has 1 aromatic rings. The minimum absolute atomic E-state index is 0.0191. The molecule has 1 N–H and O–H groups in total. The number of hydrogen-bond acceptors (Lipinski definition) is 5. The number of hydrogen-bond donors (Lipinski definition) is 1. The van der Waals surface area contributed by atoms with Gasteiger partial charge in [0.1, 0.15) is 0 Å². The molecule has 0 bridgehead atoms. The van der Waals surface area contributed by atoms with Crippen molar-refractivity contribution >= 4 is 17.8 Å². The number of ether oxygens (including phenoxy) is 1. The molecule has 2 rings (SSSR count). The number of rotatable bonds is 4. The molecule has 1 aliphatic rings. The van der Waals surface area contributed by atoms with E-state index < -0.39 is 29.3 Å². The summed E-state index contributed by atoms with van der Waals surface area (Å²) in [6.07, 6.45) is -0.100. The third-order valence-electron chi connectivity index (χ3n) is 3.37. The summed E-state index contributed by atoms with van der Waals surface area (Å²) >= 11 is 0. The molecule has 2 atom stereocenters. The van der Waals surface area contributed by atoms with Gasteiger partial charge >= 0.3 is 5.97 Å². The Morgan fingerprint density at radius 2 is 2.05 bits per heavy atom. The highest BCUT2D eigenvalue weighted by atomic mass is 16.5. The van der Waals surface area contributed by atoms with Gasteiger partial charge in [0, 0.05) is 12.3 Å². The summed E-state index contributed by atoms with van der Waals surface area (Å²) in [5.41, 5.74) is -1.59. The third-order valence-corrected chi connectivity index (χ3v) is 3.37. The van der Waals surface area contributed by atoms with Gasteiger partial charge in [0.2, 0.25) is 5.91 Å². The van der Waals surface area contributed by atoms with E-state index in [2.05, 4.69) is 5.32 Å². The van der Waals surface area contributed by atoms with Crippen LogP contribution in [-0.4, -0.2) is 30.0 Å². The summed E-state index contributed by atoms with van der Waals surface area (Å²) in [6, 6.07) is 8.52. The lowest BCUT2D eigenvalue weighted by atomic mass is 9.80. The Hall–Kier alpha value is -2.37. The lowest BCUT2D eigenvalue weighted by Crippen LogP contribution is -2.64. The predicted molar refractivity (Wildman–Crippen MR) is 66.3 cm³/mol. The van der Waals surface area contributed by atoms with Crippen LogP contribution in [0.2, 0.25) is 0 Å². The number of nitrogens with one attached hydrogen (secondary N) is 1. The number of amides is 1. The molecule has 0 saturated carbocycles. The summed E-state index contributed by atoms with van der Waals surface area (Å²) in [7, 11) is 0. The van der Waals surface area contributed by atoms with Gasteiger partial charge in [-0.3, -0.25) is 4.79 Å². The molecule has 1 aliphatic heterocycles. The summed E-state index contributed by atoms with van der Waals surface area (Å²) in [5, 5.41) is 13.8. The van der Waals surface area contributed by atoms with E-state index in [0.717, 1.165) is 0 Å². The average Bonchev–Trinajstić information content (AvgIpc) is 2.79. The molecule has 106 valence electrons.